The van der Waals surface area contributed by atoms with Crippen molar-refractivity contribution in [2.24, 2.45) is 17.3 Å². The minimum atomic E-state index is -1.80. The summed E-state index contributed by atoms with van der Waals surface area (Å²) in [5.74, 6) is 2.24. The molecule has 196 valence electrons. The first-order chi connectivity index (χ1) is 16.8. The van der Waals surface area contributed by atoms with Crippen LogP contribution in [0.25, 0.3) is 0 Å². The highest BCUT2D eigenvalue weighted by Gasteiger charge is 2.64. The Kier molecular flexibility index (Phi) is 8.28. The van der Waals surface area contributed by atoms with Gasteiger partial charge in [0.05, 0.1) is 13.7 Å². The zero-order valence-corrected chi connectivity index (χ0v) is 24.2. The summed E-state index contributed by atoms with van der Waals surface area (Å²) < 4.78 is 0. The molecular formula is C32H52O2Si. The summed E-state index contributed by atoms with van der Waals surface area (Å²) in [6.07, 6.45) is 14.2. The molecule has 5 atom stereocenters. The summed E-state index contributed by atoms with van der Waals surface area (Å²) in [4.78, 5) is 0. The Morgan fingerprint density at radius 2 is 1.60 bits per heavy atom. The molecule has 0 aromatic heterocycles. The van der Waals surface area contributed by atoms with Crippen molar-refractivity contribution in [1.82, 2.24) is 0 Å². The zero-order valence-electron chi connectivity index (χ0n) is 23.2. The van der Waals surface area contributed by atoms with Crippen molar-refractivity contribution in [3.63, 3.8) is 0 Å². The summed E-state index contributed by atoms with van der Waals surface area (Å²) in [6, 6.07) is 10.1. The van der Waals surface area contributed by atoms with Crippen LogP contribution in [-0.4, -0.2) is 23.9 Å². The standard InChI is InChI=1S/C32H52O2Si/c1-6-9-20-35(21-10-7-2,22-11-8-3)24(4)32(34)19-17-30-29-14-12-25-23-26(33)13-15-27(25)28(29)16-18-31(30,32)5/h13,15,23,28-30,33-34H,4,6-12,14,16-22H2,1-3,5H3/t28-,29-,30+,31+,32-/m1/s1. The summed E-state index contributed by atoms with van der Waals surface area (Å²) in [5, 5.41) is 24.2. The quantitative estimate of drug-likeness (QED) is 0.300. The van der Waals surface area contributed by atoms with E-state index in [0.717, 1.165) is 25.7 Å². The molecule has 0 heterocycles. The van der Waals surface area contributed by atoms with Gasteiger partial charge in [-0.05, 0) is 79.5 Å². The van der Waals surface area contributed by atoms with Crippen molar-refractivity contribution in [3.05, 3.63) is 41.1 Å². The van der Waals surface area contributed by atoms with Crippen LogP contribution < -0.4 is 0 Å². The average molecular weight is 497 g/mol. The third kappa shape index (κ3) is 4.58. The minimum Gasteiger partial charge on any atom is -0.508 e. The van der Waals surface area contributed by atoms with Gasteiger partial charge in [0.25, 0.3) is 0 Å². The normalized spacial score (nSPS) is 32.1. The van der Waals surface area contributed by atoms with Gasteiger partial charge >= 0.3 is 0 Å². The first-order valence-electron chi connectivity index (χ1n) is 15.0. The third-order valence-electron chi connectivity index (χ3n) is 11.0. The summed E-state index contributed by atoms with van der Waals surface area (Å²) in [7, 11) is -1.80. The zero-order chi connectivity index (χ0) is 25.3. The topological polar surface area (TPSA) is 40.5 Å². The fourth-order valence-corrected chi connectivity index (χ4v) is 14.9. The van der Waals surface area contributed by atoms with Gasteiger partial charge in [0.1, 0.15) is 5.75 Å². The van der Waals surface area contributed by atoms with Crippen LogP contribution in [0.15, 0.2) is 30.0 Å². The summed E-state index contributed by atoms with van der Waals surface area (Å²) in [5.41, 5.74) is 2.12. The fourth-order valence-electron chi connectivity index (χ4n) is 8.89. The van der Waals surface area contributed by atoms with Gasteiger partial charge in [-0.25, -0.2) is 0 Å². The summed E-state index contributed by atoms with van der Waals surface area (Å²) in [6.45, 7) is 14.3. The van der Waals surface area contributed by atoms with E-state index < -0.39 is 13.7 Å². The average Bonchev–Trinajstić information content (AvgIpc) is 3.14. The molecule has 4 rings (SSSR count). The second-order valence-electron chi connectivity index (χ2n) is 12.7. The Morgan fingerprint density at radius 3 is 2.20 bits per heavy atom. The molecule has 0 aliphatic heterocycles. The van der Waals surface area contributed by atoms with E-state index in [2.05, 4.69) is 33.8 Å². The van der Waals surface area contributed by atoms with Crippen molar-refractivity contribution in [2.45, 2.75) is 134 Å². The number of aromatic hydroxyl groups is 1. The van der Waals surface area contributed by atoms with E-state index in [0.29, 0.717) is 23.5 Å². The second kappa shape index (κ2) is 10.7. The van der Waals surface area contributed by atoms with E-state index in [1.165, 1.54) is 85.8 Å². The number of benzene rings is 1. The molecule has 0 saturated heterocycles. The Morgan fingerprint density at radius 1 is 0.971 bits per heavy atom. The van der Waals surface area contributed by atoms with Gasteiger partial charge in [0, 0.05) is 5.41 Å². The Labute approximate surface area is 216 Å². The molecule has 2 saturated carbocycles. The molecule has 2 N–H and O–H groups in total. The van der Waals surface area contributed by atoms with Crippen molar-refractivity contribution in [2.75, 3.05) is 0 Å². The molecule has 2 fully saturated rings. The predicted octanol–water partition coefficient (Wildman–Crippen LogP) is 8.92. The SMILES string of the molecule is C=C([C@]1(O)CC[C@H]2[C@@H]3CCc4cc(O)ccc4[C@H]3CC[C@@]21C)[Si](CCCC)(CCCC)CCCC. The lowest BCUT2D eigenvalue weighted by Gasteiger charge is -2.56. The van der Waals surface area contributed by atoms with Crippen LogP contribution in [0.4, 0.5) is 0 Å². The van der Waals surface area contributed by atoms with Crippen LogP contribution in [0.1, 0.15) is 115 Å². The molecule has 3 aliphatic rings. The number of rotatable bonds is 11. The van der Waals surface area contributed by atoms with E-state index in [1.807, 2.05) is 12.1 Å². The van der Waals surface area contributed by atoms with Gasteiger partial charge in [-0.3, -0.25) is 0 Å². The maximum atomic E-state index is 12.8. The van der Waals surface area contributed by atoms with Gasteiger partial charge < -0.3 is 10.2 Å². The van der Waals surface area contributed by atoms with E-state index in [-0.39, 0.29) is 5.41 Å². The van der Waals surface area contributed by atoms with E-state index in [9.17, 15) is 10.2 Å². The predicted molar refractivity (Wildman–Crippen MR) is 152 cm³/mol. The fraction of sp³-hybridized carbons (Fsp3) is 0.750. The van der Waals surface area contributed by atoms with Gasteiger partial charge in [-0.2, -0.15) is 0 Å². The Hall–Kier alpha value is -1.06. The highest BCUT2D eigenvalue weighted by atomic mass is 28.3. The molecule has 0 amide bonds. The number of hydrogen-bond acceptors (Lipinski definition) is 2. The van der Waals surface area contributed by atoms with Crippen LogP contribution in [-0.2, 0) is 6.42 Å². The molecule has 3 heteroatoms. The monoisotopic (exact) mass is 496 g/mol. The molecule has 0 bridgehead atoms. The molecule has 1 aromatic rings. The van der Waals surface area contributed by atoms with Crippen molar-refractivity contribution >= 4 is 8.07 Å². The first kappa shape index (κ1) is 27.0. The van der Waals surface area contributed by atoms with Crippen molar-refractivity contribution < 1.29 is 10.2 Å². The van der Waals surface area contributed by atoms with E-state index in [4.69, 9.17) is 6.58 Å². The number of aryl methyl sites for hydroxylation is 1. The molecule has 0 spiro atoms. The lowest BCUT2D eigenvalue weighted by atomic mass is 9.53. The highest BCUT2D eigenvalue weighted by molar-refractivity contribution is 6.86. The number of hydrogen-bond donors (Lipinski definition) is 2. The molecule has 1 aromatic carbocycles. The van der Waals surface area contributed by atoms with Gasteiger partial charge in [0.2, 0.25) is 0 Å². The van der Waals surface area contributed by atoms with Crippen LogP contribution in [0, 0.1) is 17.3 Å². The number of phenols is 1. The molecule has 35 heavy (non-hydrogen) atoms. The molecular weight excluding hydrogens is 444 g/mol. The number of fused-ring (bicyclic) bond motifs is 5. The number of phenolic OH excluding ortho intramolecular Hbond substituents is 1. The van der Waals surface area contributed by atoms with Gasteiger partial charge in [-0.15, -0.1) is 6.58 Å². The molecule has 0 radical (unpaired) electrons. The third-order valence-corrected chi connectivity index (χ3v) is 16.7. The molecule has 2 nitrogen and oxygen atoms in total. The lowest BCUT2D eigenvalue weighted by Crippen LogP contribution is -2.57. The van der Waals surface area contributed by atoms with Crippen LogP contribution >= 0.6 is 0 Å². The largest absolute Gasteiger partial charge is 0.508 e. The summed E-state index contributed by atoms with van der Waals surface area (Å²) >= 11 is 0. The maximum Gasteiger partial charge on any atom is 0.115 e. The van der Waals surface area contributed by atoms with Crippen LogP contribution in [0.3, 0.4) is 0 Å². The number of unbranched alkanes of at least 4 members (excludes halogenated alkanes) is 3. The van der Waals surface area contributed by atoms with Gasteiger partial charge in [-0.1, -0.05) is 95.6 Å². The lowest BCUT2D eigenvalue weighted by molar-refractivity contribution is -0.0745. The van der Waals surface area contributed by atoms with E-state index >= 15 is 0 Å². The minimum absolute atomic E-state index is 0.0391. The Balaban J connectivity index is 1.65. The smallest absolute Gasteiger partial charge is 0.115 e. The maximum absolute atomic E-state index is 12.8. The molecule has 3 aliphatic carbocycles. The first-order valence-corrected chi connectivity index (χ1v) is 17.6. The highest BCUT2D eigenvalue weighted by Crippen LogP contribution is 2.67. The van der Waals surface area contributed by atoms with Gasteiger partial charge in [0.15, 0.2) is 0 Å². The van der Waals surface area contributed by atoms with Crippen molar-refractivity contribution in [3.8, 4) is 5.75 Å². The van der Waals surface area contributed by atoms with E-state index in [1.54, 1.807) is 0 Å². The Bertz CT molecular complexity index is 872. The van der Waals surface area contributed by atoms with Crippen molar-refractivity contribution in [1.29, 1.82) is 0 Å². The van der Waals surface area contributed by atoms with Crippen LogP contribution in [0.5, 0.6) is 5.75 Å². The van der Waals surface area contributed by atoms with Crippen LogP contribution in [0.2, 0.25) is 18.1 Å². The molecule has 0 unspecified atom stereocenters. The number of aliphatic hydroxyl groups is 1. The second-order valence-corrected chi connectivity index (χ2v) is 17.4.